The SMILES string of the molecule is COc1ccc(C(=O)N2CCS[C@@H](c3ccccc3Cl)CC2)cc1OC. The largest absolute Gasteiger partial charge is 0.493 e. The Morgan fingerprint density at radius 3 is 2.62 bits per heavy atom. The van der Waals surface area contributed by atoms with Gasteiger partial charge in [-0.3, -0.25) is 4.79 Å². The van der Waals surface area contributed by atoms with Gasteiger partial charge in [-0.2, -0.15) is 11.8 Å². The number of thioether (sulfide) groups is 1. The summed E-state index contributed by atoms with van der Waals surface area (Å²) in [4.78, 5) is 14.8. The lowest BCUT2D eigenvalue weighted by Crippen LogP contribution is -2.33. The number of rotatable bonds is 4. The topological polar surface area (TPSA) is 38.8 Å². The van der Waals surface area contributed by atoms with Crippen LogP contribution in [0.15, 0.2) is 42.5 Å². The van der Waals surface area contributed by atoms with Gasteiger partial charge in [0, 0.05) is 34.7 Å². The number of methoxy groups -OCH3 is 2. The summed E-state index contributed by atoms with van der Waals surface area (Å²) < 4.78 is 10.6. The third-order valence-corrected chi connectivity index (χ3v) is 6.17. The summed E-state index contributed by atoms with van der Waals surface area (Å²) in [5, 5.41) is 1.11. The van der Waals surface area contributed by atoms with Gasteiger partial charge in [0.05, 0.1) is 14.2 Å². The summed E-state index contributed by atoms with van der Waals surface area (Å²) in [7, 11) is 3.16. The number of carbonyl (C=O) groups excluding carboxylic acids is 1. The normalized spacial score (nSPS) is 17.5. The Morgan fingerprint density at radius 2 is 1.88 bits per heavy atom. The first-order valence-corrected chi connectivity index (χ1v) is 9.94. The third-order valence-electron chi connectivity index (χ3n) is 4.51. The van der Waals surface area contributed by atoms with Gasteiger partial charge < -0.3 is 14.4 Å². The van der Waals surface area contributed by atoms with Crippen molar-refractivity contribution in [1.29, 1.82) is 0 Å². The average molecular weight is 392 g/mol. The summed E-state index contributed by atoms with van der Waals surface area (Å²) in [5.41, 5.74) is 1.77. The van der Waals surface area contributed by atoms with Crippen LogP contribution in [0.5, 0.6) is 11.5 Å². The maximum absolute atomic E-state index is 12.9. The van der Waals surface area contributed by atoms with Gasteiger partial charge in [-0.15, -0.1) is 0 Å². The molecule has 1 saturated heterocycles. The zero-order valence-corrected chi connectivity index (χ0v) is 16.5. The van der Waals surface area contributed by atoms with Crippen LogP contribution in [0.4, 0.5) is 0 Å². The Bertz CT molecular complexity index is 783. The Kier molecular flexibility index (Phi) is 6.33. The zero-order chi connectivity index (χ0) is 18.5. The van der Waals surface area contributed by atoms with E-state index in [1.54, 1.807) is 32.4 Å². The van der Waals surface area contributed by atoms with Crippen molar-refractivity contribution < 1.29 is 14.3 Å². The fourth-order valence-corrected chi connectivity index (χ4v) is 4.71. The molecular weight excluding hydrogens is 370 g/mol. The number of benzene rings is 2. The van der Waals surface area contributed by atoms with Gasteiger partial charge in [-0.25, -0.2) is 0 Å². The molecule has 0 spiro atoms. The third kappa shape index (κ3) is 4.10. The fraction of sp³-hybridized carbons (Fsp3) is 0.350. The van der Waals surface area contributed by atoms with Crippen LogP contribution in [0.2, 0.25) is 5.02 Å². The van der Waals surface area contributed by atoms with E-state index in [4.69, 9.17) is 21.1 Å². The molecule has 0 saturated carbocycles. The van der Waals surface area contributed by atoms with Crippen LogP contribution in [0.3, 0.4) is 0 Å². The predicted octanol–water partition coefficient (Wildman–Crippen LogP) is 4.68. The molecule has 1 amide bonds. The molecule has 0 radical (unpaired) electrons. The van der Waals surface area contributed by atoms with Gasteiger partial charge in [0.15, 0.2) is 11.5 Å². The first-order chi connectivity index (χ1) is 12.6. The van der Waals surface area contributed by atoms with Crippen LogP contribution in [0.25, 0.3) is 0 Å². The van der Waals surface area contributed by atoms with Crippen LogP contribution in [-0.4, -0.2) is 43.9 Å². The molecule has 1 fully saturated rings. The van der Waals surface area contributed by atoms with Gasteiger partial charge in [0.1, 0.15) is 0 Å². The van der Waals surface area contributed by atoms with E-state index >= 15 is 0 Å². The highest BCUT2D eigenvalue weighted by molar-refractivity contribution is 7.99. The van der Waals surface area contributed by atoms with Crippen LogP contribution in [-0.2, 0) is 0 Å². The monoisotopic (exact) mass is 391 g/mol. The van der Waals surface area contributed by atoms with E-state index in [9.17, 15) is 4.79 Å². The summed E-state index contributed by atoms with van der Waals surface area (Å²) in [5.74, 6) is 2.09. The maximum atomic E-state index is 12.9. The van der Waals surface area contributed by atoms with Gasteiger partial charge in [0.25, 0.3) is 5.91 Å². The van der Waals surface area contributed by atoms with E-state index in [1.807, 2.05) is 34.9 Å². The minimum absolute atomic E-state index is 0.0198. The molecule has 0 aliphatic carbocycles. The van der Waals surface area contributed by atoms with E-state index in [1.165, 1.54) is 0 Å². The maximum Gasteiger partial charge on any atom is 0.254 e. The van der Waals surface area contributed by atoms with E-state index in [0.29, 0.717) is 28.9 Å². The second-order valence-electron chi connectivity index (χ2n) is 6.03. The minimum atomic E-state index is 0.0198. The molecule has 1 aliphatic rings. The molecule has 0 bridgehead atoms. The number of halogens is 1. The zero-order valence-electron chi connectivity index (χ0n) is 14.9. The van der Waals surface area contributed by atoms with Crippen LogP contribution >= 0.6 is 23.4 Å². The van der Waals surface area contributed by atoms with E-state index in [2.05, 4.69) is 6.07 Å². The highest BCUT2D eigenvalue weighted by Crippen LogP contribution is 2.38. The van der Waals surface area contributed by atoms with Gasteiger partial charge in [-0.05, 0) is 36.2 Å². The van der Waals surface area contributed by atoms with Crippen LogP contribution in [0.1, 0.15) is 27.6 Å². The van der Waals surface area contributed by atoms with Crippen molar-refractivity contribution >= 4 is 29.3 Å². The van der Waals surface area contributed by atoms with Gasteiger partial charge in [-0.1, -0.05) is 29.8 Å². The van der Waals surface area contributed by atoms with E-state index in [-0.39, 0.29) is 5.91 Å². The Labute approximate surface area is 163 Å². The number of nitrogens with zero attached hydrogens (tertiary/aromatic N) is 1. The molecule has 1 aliphatic heterocycles. The lowest BCUT2D eigenvalue weighted by molar-refractivity contribution is 0.0766. The molecule has 4 nitrogen and oxygen atoms in total. The first kappa shape index (κ1) is 18.9. The molecule has 0 aromatic heterocycles. The van der Waals surface area contributed by atoms with Crippen LogP contribution < -0.4 is 9.47 Å². The van der Waals surface area contributed by atoms with E-state index < -0.39 is 0 Å². The average Bonchev–Trinajstić information content (AvgIpc) is 2.93. The Hall–Kier alpha value is -1.85. The lowest BCUT2D eigenvalue weighted by Gasteiger charge is -2.21. The smallest absolute Gasteiger partial charge is 0.254 e. The van der Waals surface area contributed by atoms with Gasteiger partial charge >= 0.3 is 0 Å². The quantitative estimate of drug-likeness (QED) is 0.758. The van der Waals surface area contributed by atoms with Crippen LogP contribution in [0, 0.1) is 0 Å². The van der Waals surface area contributed by atoms with Crippen molar-refractivity contribution in [1.82, 2.24) is 4.90 Å². The number of hydrogen-bond acceptors (Lipinski definition) is 4. The number of ether oxygens (including phenoxy) is 2. The number of carbonyl (C=O) groups is 1. The predicted molar refractivity (Wildman–Crippen MR) is 107 cm³/mol. The first-order valence-electron chi connectivity index (χ1n) is 8.51. The van der Waals surface area contributed by atoms with Crippen molar-refractivity contribution in [2.24, 2.45) is 0 Å². The molecule has 0 unspecified atom stereocenters. The molecule has 6 heteroatoms. The summed E-state index contributed by atoms with van der Waals surface area (Å²) in [6.07, 6.45) is 0.882. The lowest BCUT2D eigenvalue weighted by atomic mass is 10.1. The molecule has 3 rings (SSSR count). The molecule has 26 heavy (non-hydrogen) atoms. The molecule has 2 aromatic carbocycles. The van der Waals surface area contributed by atoms with Crippen molar-refractivity contribution in [3.05, 3.63) is 58.6 Å². The highest BCUT2D eigenvalue weighted by atomic mass is 35.5. The number of amides is 1. The Balaban J connectivity index is 1.73. The second kappa shape index (κ2) is 8.69. The molecule has 1 atom stereocenters. The highest BCUT2D eigenvalue weighted by Gasteiger charge is 2.24. The minimum Gasteiger partial charge on any atom is -0.493 e. The molecule has 1 heterocycles. The van der Waals surface area contributed by atoms with Crippen molar-refractivity contribution in [2.75, 3.05) is 33.1 Å². The molecule has 138 valence electrons. The Morgan fingerprint density at radius 1 is 1.12 bits per heavy atom. The van der Waals surface area contributed by atoms with E-state index in [0.717, 1.165) is 29.3 Å². The molecule has 2 aromatic rings. The molecular formula is C20H22ClNO3S. The fourth-order valence-electron chi connectivity index (χ4n) is 3.11. The van der Waals surface area contributed by atoms with Crippen molar-refractivity contribution in [3.63, 3.8) is 0 Å². The number of hydrogen-bond donors (Lipinski definition) is 0. The van der Waals surface area contributed by atoms with Crippen molar-refractivity contribution in [3.8, 4) is 11.5 Å². The summed E-state index contributed by atoms with van der Waals surface area (Å²) in [6.45, 7) is 1.43. The van der Waals surface area contributed by atoms with Crippen molar-refractivity contribution in [2.45, 2.75) is 11.7 Å². The summed E-state index contributed by atoms with van der Waals surface area (Å²) >= 11 is 8.21. The molecule has 0 N–H and O–H groups in total. The summed E-state index contributed by atoms with van der Waals surface area (Å²) in [6, 6.07) is 13.3. The standard InChI is InChI=1S/C20H22ClNO3S/c1-24-17-8-7-14(13-18(17)25-2)20(23)22-10-9-19(26-12-11-22)15-5-3-4-6-16(15)21/h3-8,13,19H,9-12H2,1-2H3/t19-/m1/s1. The van der Waals surface area contributed by atoms with Gasteiger partial charge in [0.2, 0.25) is 0 Å². The second-order valence-corrected chi connectivity index (χ2v) is 7.75.